The number of rotatable bonds is 3. The molecule has 0 aliphatic heterocycles. The lowest BCUT2D eigenvalue weighted by Gasteiger charge is -2.05. The van der Waals surface area contributed by atoms with E-state index < -0.39 is 0 Å². The Bertz CT molecular complexity index is 603. The number of ether oxygens (including phenoxy) is 1. The van der Waals surface area contributed by atoms with E-state index >= 15 is 0 Å². The standard InChI is InChI=1S/C14H11N3O/c1-2-5-12(6-3-1)18-13-7-8-14(15-11-13)17-10-4-9-16-17/h1-11H. The summed E-state index contributed by atoms with van der Waals surface area (Å²) in [4.78, 5) is 4.29. The molecule has 88 valence electrons. The van der Waals surface area contributed by atoms with Crippen molar-refractivity contribution in [3.8, 4) is 17.3 Å². The topological polar surface area (TPSA) is 39.9 Å². The molecule has 2 aromatic heterocycles. The maximum atomic E-state index is 5.66. The van der Waals surface area contributed by atoms with Crippen LogP contribution >= 0.6 is 0 Å². The van der Waals surface area contributed by atoms with Crippen molar-refractivity contribution in [3.63, 3.8) is 0 Å². The zero-order chi connectivity index (χ0) is 12.2. The maximum absolute atomic E-state index is 5.66. The molecule has 18 heavy (non-hydrogen) atoms. The van der Waals surface area contributed by atoms with Crippen LogP contribution in [0.5, 0.6) is 11.5 Å². The van der Waals surface area contributed by atoms with Crippen molar-refractivity contribution in [3.05, 3.63) is 67.1 Å². The van der Waals surface area contributed by atoms with E-state index in [2.05, 4.69) is 10.1 Å². The highest BCUT2D eigenvalue weighted by Crippen LogP contribution is 2.20. The lowest BCUT2D eigenvalue weighted by Crippen LogP contribution is -1.97. The van der Waals surface area contributed by atoms with Gasteiger partial charge in [0.2, 0.25) is 0 Å². The van der Waals surface area contributed by atoms with E-state index in [4.69, 9.17) is 4.74 Å². The molecule has 0 amide bonds. The molecule has 0 atom stereocenters. The lowest BCUT2D eigenvalue weighted by molar-refractivity contribution is 0.480. The second kappa shape index (κ2) is 4.71. The Morgan fingerprint density at radius 3 is 2.44 bits per heavy atom. The summed E-state index contributed by atoms with van der Waals surface area (Å²) < 4.78 is 7.36. The normalized spacial score (nSPS) is 10.2. The van der Waals surface area contributed by atoms with Crippen molar-refractivity contribution in [2.75, 3.05) is 0 Å². The molecule has 0 unspecified atom stereocenters. The fraction of sp³-hybridized carbons (Fsp3) is 0. The van der Waals surface area contributed by atoms with Crippen molar-refractivity contribution < 1.29 is 4.74 Å². The summed E-state index contributed by atoms with van der Waals surface area (Å²) in [6.45, 7) is 0. The number of aromatic nitrogens is 3. The highest BCUT2D eigenvalue weighted by atomic mass is 16.5. The van der Waals surface area contributed by atoms with Crippen molar-refractivity contribution in [2.45, 2.75) is 0 Å². The molecule has 3 rings (SSSR count). The fourth-order valence-electron chi connectivity index (χ4n) is 1.60. The zero-order valence-corrected chi connectivity index (χ0v) is 9.60. The Morgan fingerprint density at radius 1 is 0.889 bits per heavy atom. The number of benzene rings is 1. The average molecular weight is 237 g/mol. The lowest BCUT2D eigenvalue weighted by atomic mass is 10.3. The summed E-state index contributed by atoms with van der Waals surface area (Å²) in [5, 5.41) is 4.11. The fourth-order valence-corrected chi connectivity index (χ4v) is 1.60. The van der Waals surface area contributed by atoms with Crippen LogP contribution in [0.1, 0.15) is 0 Å². The van der Waals surface area contributed by atoms with E-state index in [1.54, 1.807) is 17.1 Å². The van der Waals surface area contributed by atoms with Gasteiger partial charge in [-0.2, -0.15) is 5.10 Å². The molecule has 0 saturated heterocycles. The monoisotopic (exact) mass is 237 g/mol. The smallest absolute Gasteiger partial charge is 0.153 e. The minimum absolute atomic E-state index is 0.706. The maximum Gasteiger partial charge on any atom is 0.153 e. The van der Waals surface area contributed by atoms with E-state index in [-0.39, 0.29) is 0 Å². The van der Waals surface area contributed by atoms with Gasteiger partial charge in [0.05, 0.1) is 6.20 Å². The van der Waals surface area contributed by atoms with E-state index in [9.17, 15) is 0 Å². The van der Waals surface area contributed by atoms with Gasteiger partial charge in [-0.3, -0.25) is 0 Å². The van der Waals surface area contributed by atoms with Crippen molar-refractivity contribution in [1.29, 1.82) is 0 Å². The van der Waals surface area contributed by atoms with Crippen molar-refractivity contribution >= 4 is 0 Å². The van der Waals surface area contributed by atoms with Gasteiger partial charge in [-0.25, -0.2) is 9.67 Å². The molecule has 0 radical (unpaired) electrons. The summed E-state index contributed by atoms with van der Waals surface area (Å²) >= 11 is 0. The molecule has 0 bridgehead atoms. The molecule has 1 aromatic carbocycles. The third kappa shape index (κ3) is 2.22. The van der Waals surface area contributed by atoms with Crippen LogP contribution in [-0.2, 0) is 0 Å². The summed E-state index contributed by atoms with van der Waals surface area (Å²) in [6, 6.07) is 15.2. The largest absolute Gasteiger partial charge is 0.456 e. The number of para-hydroxylation sites is 1. The second-order valence-electron chi connectivity index (χ2n) is 3.72. The van der Waals surface area contributed by atoms with Crippen LogP contribution in [0.25, 0.3) is 5.82 Å². The second-order valence-corrected chi connectivity index (χ2v) is 3.72. The highest BCUT2D eigenvalue weighted by molar-refractivity contribution is 5.32. The van der Waals surface area contributed by atoms with Crippen LogP contribution in [0, 0.1) is 0 Å². The van der Waals surface area contributed by atoms with Crippen LogP contribution in [0.15, 0.2) is 67.1 Å². The summed E-state index contributed by atoms with van der Waals surface area (Å²) in [6.07, 6.45) is 5.25. The van der Waals surface area contributed by atoms with Crippen molar-refractivity contribution in [2.24, 2.45) is 0 Å². The van der Waals surface area contributed by atoms with Crippen LogP contribution in [0.2, 0.25) is 0 Å². The predicted octanol–water partition coefficient (Wildman–Crippen LogP) is 3.06. The first-order valence-electron chi connectivity index (χ1n) is 5.61. The number of pyridine rings is 1. The molecule has 0 aliphatic carbocycles. The van der Waals surface area contributed by atoms with E-state index in [0.29, 0.717) is 5.75 Å². The molecular weight excluding hydrogens is 226 g/mol. The number of hydrogen-bond donors (Lipinski definition) is 0. The van der Waals surface area contributed by atoms with E-state index in [0.717, 1.165) is 11.6 Å². The molecule has 0 N–H and O–H groups in total. The molecule has 0 fully saturated rings. The first kappa shape index (κ1) is 10.5. The quantitative estimate of drug-likeness (QED) is 0.702. The molecule has 4 nitrogen and oxygen atoms in total. The van der Waals surface area contributed by atoms with Crippen LogP contribution < -0.4 is 4.74 Å². The average Bonchev–Trinajstić information content (AvgIpc) is 2.95. The highest BCUT2D eigenvalue weighted by Gasteiger charge is 2.00. The third-order valence-corrected chi connectivity index (χ3v) is 2.44. The minimum Gasteiger partial charge on any atom is -0.456 e. The van der Waals surface area contributed by atoms with Gasteiger partial charge in [-0.1, -0.05) is 18.2 Å². The van der Waals surface area contributed by atoms with Gasteiger partial charge >= 0.3 is 0 Å². The van der Waals surface area contributed by atoms with Gasteiger partial charge in [0, 0.05) is 12.4 Å². The summed E-state index contributed by atoms with van der Waals surface area (Å²) in [5.41, 5.74) is 0. The molecule has 0 aliphatic rings. The van der Waals surface area contributed by atoms with Gasteiger partial charge in [0.1, 0.15) is 11.5 Å². The molecule has 4 heteroatoms. The Labute approximate surface area is 104 Å². The Hall–Kier alpha value is -2.62. The number of hydrogen-bond acceptors (Lipinski definition) is 3. The van der Waals surface area contributed by atoms with E-state index in [1.165, 1.54) is 0 Å². The van der Waals surface area contributed by atoms with Crippen LogP contribution in [0.4, 0.5) is 0 Å². The van der Waals surface area contributed by atoms with Gasteiger partial charge in [-0.15, -0.1) is 0 Å². The molecule has 3 aromatic rings. The first-order chi connectivity index (χ1) is 8.92. The Morgan fingerprint density at radius 2 is 1.78 bits per heavy atom. The summed E-state index contributed by atoms with van der Waals surface area (Å²) in [7, 11) is 0. The van der Waals surface area contributed by atoms with Gasteiger partial charge in [-0.05, 0) is 30.3 Å². The molecule has 0 saturated carbocycles. The van der Waals surface area contributed by atoms with E-state index in [1.807, 2.05) is 54.7 Å². The predicted molar refractivity (Wildman–Crippen MR) is 67.9 cm³/mol. The third-order valence-electron chi connectivity index (χ3n) is 2.44. The minimum atomic E-state index is 0.706. The van der Waals surface area contributed by atoms with Gasteiger partial charge in [0.15, 0.2) is 5.82 Å². The van der Waals surface area contributed by atoms with Gasteiger partial charge < -0.3 is 4.74 Å². The van der Waals surface area contributed by atoms with Gasteiger partial charge in [0.25, 0.3) is 0 Å². The molecule has 0 spiro atoms. The Kier molecular flexibility index (Phi) is 2.75. The van der Waals surface area contributed by atoms with Crippen molar-refractivity contribution in [1.82, 2.24) is 14.8 Å². The number of nitrogens with zero attached hydrogens (tertiary/aromatic N) is 3. The molecule has 2 heterocycles. The first-order valence-corrected chi connectivity index (χ1v) is 5.61. The Balaban J connectivity index is 1.80. The molecular formula is C14H11N3O. The van der Waals surface area contributed by atoms with Crippen LogP contribution in [-0.4, -0.2) is 14.8 Å². The van der Waals surface area contributed by atoms with Crippen LogP contribution in [0.3, 0.4) is 0 Å². The summed E-state index contributed by atoms with van der Waals surface area (Å²) in [5.74, 6) is 2.27. The SMILES string of the molecule is c1ccc(Oc2ccc(-n3cccn3)nc2)cc1. The zero-order valence-electron chi connectivity index (χ0n) is 9.60.